The smallest absolute Gasteiger partial charge is 0.141 e. The predicted molar refractivity (Wildman–Crippen MR) is 74.3 cm³/mol. The van der Waals surface area contributed by atoms with Crippen LogP contribution in [0.15, 0.2) is 24.5 Å². The molecule has 0 N–H and O–H groups in total. The number of benzene rings is 1. The van der Waals surface area contributed by atoms with Crippen molar-refractivity contribution in [1.82, 2.24) is 9.97 Å². The summed E-state index contributed by atoms with van der Waals surface area (Å²) in [5.74, 6) is 0.160. The first-order valence-electron chi connectivity index (χ1n) is 5.46. The molecule has 0 atom stereocenters. The molecule has 1 aromatic carbocycles. The Morgan fingerprint density at radius 1 is 1.39 bits per heavy atom. The number of hydrogen-bond donors (Lipinski definition) is 0. The number of carbonyl (C=O) groups is 1. The van der Waals surface area contributed by atoms with Crippen LogP contribution in [0.4, 0.5) is 0 Å². The molecule has 2 aromatic heterocycles. The first-order valence-corrected chi connectivity index (χ1v) is 6.65. The third-order valence-electron chi connectivity index (χ3n) is 2.74. The SMILES string of the molecule is CC(=O)Cc1ccc2c(c1)sc1ncnc(Cl)c12. The van der Waals surface area contributed by atoms with Gasteiger partial charge in [0.25, 0.3) is 0 Å². The van der Waals surface area contributed by atoms with Crippen LogP contribution >= 0.6 is 22.9 Å². The van der Waals surface area contributed by atoms with Gasteiger partial charge in [0.15, 0.2) is 0 Å². The Labute approximate surface area is 112 Å². The lowest BCUT2D eigenvalue weighted by molar-refractivity contribution is -0.116. The van der Waals surface area contributed by atoms with Crippen molar-refractivity contribution in [3.8, 4) is 0 Å². The van der Waals surface area contributed by atoms with Gasteiger partial charge in [0.05, 0.1) is 5.39 Å². The summed E-state index contributed by atoms with van der Waals surface area (Å²) in [7, 11) is 0. The minimum atomic E-state index is 0.160. The number of nitrogens with zero attached hydrogens (tertiary/aromatic N) is 2. The van der Waals surface area contributed by atoms with Crippen LogP contribution < -0.4 is 0 Å². The molecule has 3 nitrogen and oxygen atoms in total. The highest BCUT2D eigenvalue weighted by atomic mass is 35.5. The minimum Gasteiger partial charge on any atom is -0.300 e. The average molecular weight is 277 g/mol. The van der Waals surface area contributed by atoms with Gasteiger partial charge in [-0.1, -0.05) is 23.7 Å². The van der Waals surface area contributed by atoms with E-state index >= 15 is 0 Å². The van der Waals surface area contributed by atoms with Crippen LogP contribution in [0.2, 0.25) is 5.15 Å². The molecule has 0 fully saturated rings. The van der Waals surface area contributed by atoms with E-state index in [0.29, 0.717) is 11.6 Å². The number of ketones is 1. The molecule has 18 heavy (non-hydrogen) atoms. The Bertz CT molecular complexity index is 766. The van der Waals surface area contributed by atoms with Crippen molar-refractivity contribution in [2.75, 3.05) is 0 Å². The average Bonchev–Trinajstić information content (AvgIpc) is 2.66. The fraction of sp³-hybridized carbons (Fsp3) is 0.154. The van der Waals surface area contributed by atoms with E-state index in [1.165, 1.54) is 6.33 Å². The molecule has 0 aliphatic rings. The van der Waals surface area contributed by atoms with Crippen molar-refractivity contribution in [3.63, 3.8) is 0 Å². The summed E-state index contributed by atoms with van der Waals surface area (Å²) in [5, 5.41) is 2.42. The maximum atomic E-state index is 11.1. The van der Waals surface area contributed by atoms with E-state index in [2.05, 4.69) is 9.97 Å². The number of hydrogen-bond acceptors (Lipinski definition) is 4. The van der Waals surface area contributed by atoms with Crippen LogP contribution in [0.1, 0.15) is 12.5 Å². The summed E-state index contributed by atoms with van der Waals surface area (Å²) in [6.45, 7) is 1.59. The molecule has 0 saturated carbocycles. The lowest BCUT2D eigenvalue weighted by Crippen LogP contribution is -1.95. The van der Waals surface area contributed by atoms with E-state index in [9.17, 15) is 4.79 Å². The molecule has 0 amide bonds. The van der Waals surface area contributed by atoms with Gasteiger partial charge in [-0.25, -0.2) is 9.97 Å². The van der Waals surface area contributed by atoms with Gasteiger partial charge in [0.1, 0.15) is 22.1 Å². The molecule has 0 radical (unpaired) electrons. The molecule has 0 saturated heterocycles. The standard InChI is InChI=1S/C13H9ClN2OS/c1-7(17)4-8-2-3-9-10(5-8)18-13-11(9)12(14)15-6-16-13/h2-3,5-6H,4H2,1H3. The third-order valence-corrected chi connectivity index (χ3v) is 4.09. The highest BCUT2D eigenvalue weighted by Gasteiger charge is 2.11. The second-order valence-corrected chi connectivity index (χ2v) is 5.54. The van der Waals surface area contributed by atoms with Gasteiger partial charge in [-0.05, 0) is 18.6 Å². The summed E-state index contributed by atoms with van der Waals surface area (Å²) in [6.07, 6.45) is 1.93. The van der Waals surface area contributed by atoms with E-state index in [1.807, 2.05) is 18.2 Å². The van der Waals surface area contributed by atoms with Crippen molar-refractivity contribution in [2.45, 2.75) is 13.3 Å². The monoisotopic (exact) mass is 276 g/mol. The summed E-state index contributed by atoms with van der Waals surface area (Å²) < 4.78 is 1.09. The van der Waals surface area contributed by atoms with E-state index in [4.69, 9.17) is 11.6 Å². The van der Waals surface area contributed by atoms with E-state index in [1.54, 1.807) is 18.3 Å². The predicted octanol–water partition coefficient (Wildman–Crippen LogP) is 3.63. The number of Topliss-reactive ketones (excluding diaryl/α,β-unsaturated/α-hetero) is 1. The van der Waals surface area contributed by atoms with E-state index < -0.39 is 0 Å². The Hall–Kier alpha value is -1.52. The van der Waals surface area contributed by atoms with Crippen molar-refractivity contribution >= 4 is 49.0 Å². The quantitative estimate of drug-likeness (QED) is 0.671. The molecule has 0 bridgehead atoms. The van der Waals surface area contributed by atoms with Gasteiger partial charge in [0.2, 0.25) is 0 Å². The zero-order chi connectivity index (χ0) is 12.7. The molecule has 0 spiro atoms. The third kappa shape index (κ3) is 1.87. The molecule has 0 unspecified atom stereocenters. The zero-order valence-electron chi connectivity index (χ0n) is 9.61. The van der Waals surface area contributed by atoms with E-state index in [0.717, 1.165) is 25.9 Å². The van der Waals surface area contributed by atoms with Gasteiger partial charge in [-0.15, -0.1) is 11.3 Å². The van der Waals surface area contributed by atoms with Crippen molar-refractivity contribution in [2.24, 2.45) is 0 Å². The van der Waals surface area contributed by atoms with Crippen LogP contribution in [-0.2, 0) is 11.2 Å². The Balaban J connectivity index is 2.27. The summed E-state index contributed by atoms with van der Waals surface area (Å²) in [4.78, 5) is 20.2. The van der Waals surface area contributed by atoms with Gasteiger partial charge < -0.3 is 0 Å². The summed E-state index contributed by atoms with van der Waals surface area (Å²) >= 11 is 7.67. The van der Waals surface area contributed by atoms with Crippen LogP contribution in [0.3, 0.4) is 0 Å². The normalized spacial score (nSPS) is 11.2. The minimum absolute atomic E-state index is 0.160. The fourth-order valence-corrected chi connectivity index (χ4v) is 3.41. The topological polar surface area (TPSA) is 42.9 Å². The summed E-state index contributed by atoms with van der Waals surface area (Å²) in [5.41, 5.74) is 1.02. The highest BCUT2D eigenvalue weighted by molar-refractivity contribution is 7.25. The maximum absolute atomic E-state index is 11.1. The van der Waals surface area contributed by atoms with Crippen LogP contribution in [0.5, 0.6) is 0 Å². The summed E-state index contributed by atoms with van der Waals surface area (Å²) in [6, 6.07) is 5.97. The molecule has 5 heteroatoms. The van der Waals surface area contributed by atoms with Gasteiger partial charge in [0, 0.05) is 16.5 Å². The number of fused-ring (bicyclic) bond motifs is 3. The first kappa shape index (κ1) is 11.6. The lowest BCUT2D eigenvalue weighted by atomic mass is 10.1. The highest BCUT2D eigenvalue weighted by Crippen LogP contribution is 2.36. The number of rotatable bonds is 2. The maximum Gasteiger partial charge on any atom is 0.141 e. The van der Waals surface area contributed by atoms with Crippen LogP contribution in [-0.4, -0.2) is 15.8 Å². The fourth-order valence-electron chi connectivity index (χ4n) is 2.01. The van der Waals surface area contributed by atoms with Crippen molar-refractivity contribution in [3.05, 3.63) is 35.2 Å². The first-order chi connectivity index (χ1) is 8.65. The molecule has 3 aromatic rings. The van der Waals surface area contributed by atoms with Crippen LogP contribution in [0.25, 0.3) is 20.3 Å². The van der Waals surface area contributed by atoms with Gasteiger partial charge in [-0.2, -0.15) is 0 Å². The van der Waals surface area contributed by atoms with Crippen molar-refractivity contribution < 1.29 is 4.79 Å². The molecular weight excluding hydrogens is 268 g/mol. The molecule has 90 valence electrons. The molecular formula is C13H9ClN2OS. The Kier molecular flexibility index (Phi) is 2.76. The molecule has 3 rings (SSSR count). The zero-order valence-corrected chi connectivity index (χ0v) is 11.2. The Morgan fingerprint density at radius 3 is 3.00 bits per heavy atom. The number of carbonyl (C=O) groups excluding carboxylic acids is 1. The van der Waals surface area contributed by atoms with Gasteiger partial charge in [-0.3, -0.25) is 4.79 Å². The van der Waals surface area contributed by atoms with E-state index in [-0.39, 0.29) is 5.78 Å². The van der Waals surface area contributed by atoms with Gasteiger partial charge >= 0.3 is 0 Å². The van der Waals surface area contributed by atoms with Crippen molar-refractivity contribution in [1.29, 1.82) is 0 Å². The number of thiophene rings is 1. The number of halogens is 1. The molecule has 0 aliphatic heterocycles. The second kappa shape index (κ2) is 4.30. The number of aromatic nitrogens is 2. The molecule has 2 heterocycles. The Morgan fingerprint density at radius 2 is 2.22 bits per heavy atom. The second-order valence-electron chi connectivity index (χ2n) is 4.16. The van der Waals surface area contributed by atoms with Crippen LogP contribution in [0, 0.1) is 0 Å². The lowest BCUT2D eigenvalue weighted by Gasteiger charge is -1.98. The molecule has 0 aliphatic carbocycles. The largest absolute Gasteiger partial charge is 0.300 e.